The minimum atomic E-state index is -0.464. The van der Waals surface area contributed by atoms with Crippen molar-refractivity contribution in [3.05, 3.63) is 52.8 Å². The van der Waals surface area contributed by atoms with Gasteiger partial charge in [-0.25, -0.2) is 0 Å². The largest absolute Gasteiger partial charge is 0.457 e. The van der Waals surface area contributed by atoms with Crippen LogP contribution in [0.5, 0.6) is 0 Å². The second-order valence-corrected chi connectivity index (χ2v) is 8.30. The van der Waals surface area contributed by atoms with Crippen LogP contribution in [0.3, 0.4) is 0 Å². The Labute approximate surface area is 171 Å². The van der Waals surface area contributed by atoms with Crippen LogP contribution in [-0.2, 0) is 4.79 Å². The standard InChI is InChI=1S/C20H17ClN4O2S/c1-11(2)9-17-24-25-18(22)15(19(26)23-20(25)28-17)10-14-7-8-16(27-14)12-3-5-13(21)6-4-12/h3-8,10-11,22H,9H2,1-2H3/b15-10-,22-18?. The molecule has 2 aliphatic heterocycles. The molecular formula is C20H17ClN4O2S. The molecule has 0 atom stereocenters. The van der Waals surface area contributed by atoms with E-state index in [1.807, 2.05) is 18.2 Å². The van der Waals surface area contributed by atoms with Gasteiger partial charge in [0.2, 0.25) is 5.17 Å². The van der Waals surface area contributed by atoms with Crippen molar-refractivity contribution in [1.82, 2.24) is 5.01 Å². The second kappa shape index (κ2) is 7.41. The van der Waals surface area contributed by atoms with E-state index in [1.54, 1.807) is 18.2 Å². The van der Waals surface area contributed by atoms with E-state index in [-0.39, 0.29) is 11.4 Å². The molecule has 0 unspecified atom stereocenters. The first-order chi connectivity index (χ1) is 13.4. The second-order valence-electron chi connectivity index (χ2n) is 6.82. The number of hydrogen-bond acceptors (Lipinski definition) is 5. The lowest BCUT2D eigenvalue weighted by molar-refractivity contribution is -0.114. The first-order valence-corrected chi connectivity index (χ1v) is 9.95. The van der Waals surface area contributed by atoms with Gasteiger partial charge in [-0.15, -0.1) is 0 Å². The summed E-state index contributed by atoms with van der Waals surface area (Å²) in [5.41, 5.74) is 1.02. The number of nitrogens with one attached hydrogen (secondary N) is 1. The molecular weight excluding hydrogens is 396 g/mol. The van der Waals surface area contributed by atoms with Crippen molar-refractivity contribution >= 4 is 51.4 Å². The van der Waals surface area contributed by atoms with E-state index < -0.39 is 5.91 Å². The van der Waals surface area contributed by atoms with Crippen molar-refractivity contribution in [2.24, 2.45) is 16.0 Å². The maximum absolute atomic E-state index is 12.5. The molecule has 2 aromatic rings. The summed E-state index contributed by atoms with van der Waals surface area (Å²) < 4.78 is 5.82. The Kier molecular flexibility index (Phi) is 4.95. The van der Waals surface area contributed by atoms with Crippen LogP contribution >= 0.6 is 23.4 Å². The number of carbonyl (C=O) groups is 1. The smallest absolute Gasteiger partial charge is 0.283 e. The SMILES string of the molecule is CC(C)CC1=NN2C(=N)/C(=C/c3ccc(-c4ccc(Cl)cc4)o3)C(=O)N=C2S1. The van der Waals surface area contributed by atoms with Gasteiger partial charge < -0.3 is 4.42 Å². The Morgan fingerprint density at radius 1 is 1.25 bits per heavy atom. The number of rotatable bonds is 4. The molecule has 0 saturated heterocycles. The number of amides is 1. The van der Waals surface area contributed by atoms with Crippen LogP contribution in [0.4, 0.5) is 0 Å². The number of halogens is 1. The summed E-state index contributed by atoms with van der Waals surface area (Å²) in [6.45, 7) is 4.19. The van der Waals surface area contributed by atoms with E-state index in [1.165, 1.54) is 22.8 Å². The van der Waals surface area contributed by atoms with Crippen LogP contribution in [0.2, 0.25) is 5.02 Å². The average Bonchev–Trinajstić information content (AvgIpc) is 3.26. The normalized spacial score (nSPS) is 18.0. The Hall–Kier alpha value is -2.64. The van der Waals surface area contributed by atoms with Crippen molar-refractivity contribution in [2.75, 3.05) is 0 Å². The zero-order valence-corrected chi connectivity index (χ0v) is 16.8. The third kappa shape index (κ3) is 3.68. The summed E-state index contributed by atoms with van der Waals surface area (Å²) in [5.74, 6) is 1.09. The minimum Gasteiger partial charge on any atom is -0.457 e. The maximum atomic E-state index is 12.5. The molecule has 142 valence electrons. The fourth-order valence-corrected chi connectivity index (χ4v) is 4.03. The monoisotopic (exact) mass is 412 g/mol. The quantitative estimate of drug-likeness (QED) is 0.694. The van der Waals surface area contributed by atoms with Gasteiger partial charge in [0, 0.05) is 17.0 Å². The van der Waals surface area contributed by atoms with Gasteiger partial charge in [0.05, 0.1) is 5.57 Å². The molecule has 28 heavy (non-hydrogen) atoms. The van der Waals surface area contributed by atoms with Gasteiger partial charge in [0.25, 0.3) is 5.91 Å². The molecule has 1 aromatic heterocycles. The molecule has 1 N–H and O–H groups in total. The number of thioether (sulfide) groups is 1. The van der Waals surface area contributed by atoms with E-state index in [0.717, 1.165) is 17.0 Å². The van der Waals surface area contributed by atoms with Crippen molar-refractivity contribution in [2.45, 2.75) is 20.3 Å². The third-order valence-corrected chi connectivity index (χ3v) is 5.30. The lowest BCUT2D eigenvalue weighted by Gasteiger charge is -2.19. The summed E-state index contributed by atoms with van der Waals surface area (Å²) in [6.07, 6.45) is 2.31. The Morgan fingerprint density at radius 3 is 2.71 bits per heavy atom. The van der Waals surface area contributed by atoms with Gasteiger partial charge in [-0.2, -0.15) is 15.1 Å². The van der Waals surface area contributed by atoms with Crippen LogP contribution in [0, 0.1) is 11.3 Å². The van der Waals surface area contributed by atoms with Crippen molar-refractivity contribution in [3.63, 3.8) is 0 Å². The highest BCUT2D eigenvalue weighted by Crippen LogP contribution is 2.31. The number of furan rings is 1. The van der Waals surface area contributed by atoms with E-state index in [4.69, 9.17) is 21.4 Å². The van der Waals surface area contributed by atoms with Crippen LogP contribution in [0.25, 0.3) is 17.4 Å². The van der Waals surface area contributed by atoms with E-state index in [2.05, 4.69) is 23.9 Å². The fourth-order valence-electron chi connectivity index (χ4n) is 2.81. The average molecular weight is 413 g/mol. The minimum absolute atomic E-state index is 0.00528. The Balaban J connectivity index is 1.60. The van der Waals surface area contributed by atoms with Gasteiger partial charge >= 0.3 is 0 Å². The maximum Gasteiger partial charge on any atom is 0.283 e. The Bertz CT molecular complexity index is 1050. The summed E-state index contributed by atoms with van der Waals surface area (Å²) >= 11 is 7.26. The molecule has 1 amide bonds. The third-order valence-electron chi connectivity index (χ3n) is 4.12. The number of carbonyl (C=O) groups excluding carboxylic acids is 1. The van der Waals surface area contributed by atoms with Crippen LogP contribution in [0.1, 0.15) is 26.0 Å². The van der Waals surface area contributed by atoms with Crippen molar-refractivity contribution in [3.8, 4) is 11.3 Å². The molecule has 0 aliphatic carbocycles. The highest BCUT2D eigenvalue weighted by molar-refractivity contribution is 8.26. The van der Waals surface area contributed by atoms with Gasteiger partial charge in [-0.05, 0) is 60.2 Å². The van der Waals surface area contributed by atoms with Gasteiger partial charge in [0.15, 0.2) is 5.84 Å². The lowest BCUT2D eigenvalue weighted by Crippen LogP contribution is -2.35. The molecule has 0 bridgehead atoms. The zero-order valence-electron chi connectivity index (χ0n) is 15.3. The van der Waals surface area contributed by atoms with Crippen molar-refractivity contribution < 1.29 is 9.21 Å². The highest BCUT2D eigenvalue weighted by Gasteiger charge is 2.35. The molecule has 0 fully saturated rings. The number of fused-ring (bicyclic) bond motifs is 1. The fraction of sp³-hybridized carbons (Fsp3) is 0.200. The number of hydrazone groups is 1. The molecule has 0 radical (unpaired) electrons. The number of hydrogen-bond donors (Lipinski definition) is 1. The topological polar surface area (TPSA) is 82.0 Å². The molecule has 0 spiro atoms. The zero-order chi connectivity index (χ0) is 19.8. The van der Waals surface area contributed by atoms with Crippen LogP contribution < -0.4 is 0 Å². The first kappa shape index (κ1) is 18.7. The number of aliphatic imine (C=N–C) groups is 1. The van der Waals surface area contributed by atoms with Gasteiger partial charge in [0.1, 0.15) is 16.6 Å². The van der Waals surface area contributed by atoms with Crippen LogP contribution in [-0.4, -0.2) is 27.0 Å². The molecule has 2 aliphatic rings. The first-order valence-electron chi connectivity index (χ1n) is 8.75. The Morgan fingerprint density at radius 2 is 2.00 bits per heavy atom. The van der Waals surface area contributed by atoms with E-state index in [9.17, 15) is 4.79 Å². The number of amidine groups is 2. The van der Waals surface area contributed by atoms with Crippen molar-refractivity contribution in [1.29, 1.82) is 5.41 Å². The highest BCUT2D eigenvalue weighted by atomic mass is 35.5. The number of nitrogens with zero attached hydrogens (tertiary/aromatic N) is 3. The number of benzene rings is 1. The molecule has 3 heterocycles. The van der Waals surface area contributed by atoms with E-state index in [0.29, 0.717) is 27.6 Å². The predicted molar refractivity (Wildman–Crippen MR) is 114 cm³/mol. The molecule has 0 saturated carbocycles. The molecule has 4 rings (SSSR count). The van der Waals surface area contributed by atoms with E-state index >= 15 is 0 Å². The van der Waals surface area contributed by atoms with Gasteiger partial charge in [-0.1, -0.05) is 25.4 Å². The molecule has 8 heteroatoms. The predicted octanol–water partition coefficient (Wildman–Crippen LogP) is 5.27. The van der Waals surface area contributed by atoms with Gasteiger partial charge in [-0.3, -0.25) is 10.2 Å². The molecule has 6 nitrogen and oxygen atoms in total. The van der Waals surface area contributed by atoms with Crippen LogP contribution in [0.15, 0.2) is 56.5 Å². The summed E-state index contributed by atoms with van der Waals surface area (Å²) in [5, 5.41) is 16.2. The molecule has 1 aromatic carbocycles. The summed E-state index contributed by atoms with van der Waals surface area (Å²) in [4.78, 5) is 16.5. The summed E-state index contributed by atoms with van der Waals surface area (Å²) in [7, 11) is 0. The lowest BCUT2D eigenvalue weighted by atomic mass is 10.1. The summed E-state index contributed by atoms with van der Waals surface area (Å²) in [6, 6.07) is 10.8.